The van der Waals surface area contributed by atoms with Crippen LogP contribution in [0.15, 0.2) is 18.2 Å². The Kier molecular flexibility index (Phi) is 5.65. The minimum Gasteiger partial charge on any atom is -0.507 e. The highest BCUT2D eigenvalue weighted by Crippen LogP contribution is 2.18. The number of aliphatic carboxylic acids is 1. The van der Waals surface area contributed by atoms with Crippen molar-refractivity contribution in [2.24, 2.45) is 0 Å². The largest absolute Gasteiger partial charge is 0.507 e. The molecular weight excluding hydrogens is 285 g/mol. The lowest BCUT2D eigenvalue weighted by molar-refractivity contribution is -0.142. The molecule has 0 heterocycles. The number of aromatic hydroxyl groups is 1. The van der Waals surface area contributed by atoms with Crippen molar-refractivity contribution in [3.8, 4) is 5.75 Å². The standard InChI is InChI=1S/C13H14FNO6/c1-21-11(17)5-3-9(13(19)20)15-12(18)8-6-7(14)2-4-10(8)16/h2,4,6,9,16H,3,5H2,1H3,(H,15,18)(H,19,20)/t9-/m0/s1. The van der Waals surface area contributed by atoms with Crippen LogP contribution in [0.1, 0.15) is 23.2 Å². The van der Waals surface area contributed by atoms with E-state index in [9.17, 15) is 23.9 Å². The van der Waals surface area contributed by atoms with Crippen LogP contribution in [0.25, 0.3) is 0 Å². The smallest absolute Gasteiger partial charge is 0.326 e. The van der Waals surface area contributed by atoms with Gasteiger partial charge in [-0.15, -0.1) is 0 Å². The number of carboxylic acid groups (broad SMARTS) is 1. The van der Waals surface area contributed by atoms with Gasteiger partial charge in [-0.25, -0.2) is 9.18 Å². The number of carbonyl (C=O) groups excluding carboxylic acids is 2. The van der Waals surface area contributed by atoms with E-state index >= 15 is 0 Å². The molecule has 0 bridgehead atoms. The fourth-order valence-electron chi connectivity index (χ4n) is 1.55. The molecule has 0 saturated heterocycles. The zero-order valence-corrected chi connectivity index (χ0v) is 11.1. The van der Waals surface area contributed by atoms with Crippen molar-refractivity contribution >= 4 is 17.8 Å². The highest BCUT2D eigenvalue weighted by atomic mass is 19.1. The van der Waals surface area contributed by atoms with E-state index in [0.29, 0.717) is 0 Å². The molecule has 0 saturated carbocycles. The zero-order valence-electron chi connectivity index (χ0n) is 11.1. The van der Waals surface area contributed by atoms with Crippen molar-refractivity contribution < 1.29 is 33.7 Å². The molecule has 0 radical (unpaired) electrons. The molecule has 1 atom stereocenters. The Bertz CT molecular complexity index is 560. The minimum atomic E-state index is -1.36. The average molecular weight is 299 g/mol. The van der Waals surface area contributed by atoms with Gasteiger partial charge in [0.15, 0.2) is 0 Å². The van der Waals surface area contributed by atoms with Gasteiger partial charge in [-0.05, 0) is 24.6 Å². The van der Waals surface area contributed by atoms with E-state index in [4.69, 9.17) is 5.11 Å². The van der Waals surface area contributed by atoms with Crippen molar-refractivity contribution in [3.05, 3.63) is 29.6 Å². The number of amides is 1. The van der Waals surface area contributed by atoms with E-state index < -0.39 is 35.5 Å². The van der Waals surface area contributed by atoms with E-state index in [1.165, 1.54) is 0 Å². The Balaban J connectivity index is 2.79. The van der Waals surface area contributed by atoms with Crippen LogP contribution in [-0.4, -0.2) is 41.2 Å². The Morgan fingerprint density at radius 2 is 2.05 bits per heavy atom. The van der Waals surface area contributed by atoms with E-state index in [1.54, 1.807) is 0 Å². The van der Waals surface area contributed by atoms with Crippen molar-refractivity contribution in [2.45, 2.75) is 18.9 Å². The third kappa shape index (κ3) is 4.75. The van der Waals surface area contributed by atoms with Gasteiger partial charge in [0.25, 0.3) is 5.91 Å². The molecule has 21 heavy (non-hydrogen) atoms. The molecule has 0 unspecified atom stereocenters. The number of esters is 1. The fourth-order valence-corrected chi connectivity index (χ4v) is 1.55. The molecule has 114 valence electrons. The van der Waals surface area contributed by atoms with Crippen LogP contribution in [0.5, 0.6) is 5.75 Å². The second-order valence-corrected chi connectivity index (χ2v) is 4.14. The summed E-state index contributed by atoms with van der Waals surface area (Å²) in [6.07, 6.45) is -0.396. The lowest BCUT2D eigenvalue weighted by Gasteiger charge is -2.14. The van der Waals surface area contributed by atoms with Crippen molar-refractivity contribution in [2.75, 3.05) is 7.11 Å². The lowest BCUT2D eigenvalue weighted by atomic mass is 10.1. The Morgan fingerprint density at radius 3 is 2.62 bits per heavy atom. The first-order valence-corrected chi connectivity index (χ1v) is 5.94. The number of rotatable bonds is 6. The van der Waals surface area contributed by atoms with Crippen LogP contribution in [0.4, 0.5) is 4.39 Å². The predicted octanol–water partition coefficient (Wildman–Crippen LogP) is 0.667. The van der Waals surface area contributed by atoms with Crippen molar-refractivity contribution in [3.63, 3.8) is 0 Å². The number of hydrogen-bond acceptors (Lipinski definition) is 5. The maximum absolute atomic E-state index is 13.0. The molecule has 0 aromatic heterocycles. The summed E-state index contributed by atoms with van der Waals surface area (Å²) < 4.78 is 17.4. The van der Waals surface area contributed by atoms with Gasteiger partial charge in [0.1, 0.15) is 17.6 Å². The van der Waals surface area contributed by atoms with Crippen LogP contribution in [0, 0.1) is 5.82 Å². The number of ether oxygens (including phenoxy) is 1. The van der Waals surface area contributed by atoms with Gasteiger partial charge in [-0.1, -0.05) is 0 Å². The molecule has 0 fully saturated rings. The van der Waals surface area contributed by atoms with Gasteiger partial charge in [-0.3, -0.25) is 9.59 Å². The Labute approximate surface area is 119 Å². The first kappa shape index (κ1) is 16.4. The van der Waals surface area contributed by atoms with Gasteiger partial charge in [0.2, 0.25) is 0 Å². The third-order valence-electron chi connectivity index (χ3n) is 2.67. The topological polar surface area (TPSA) is 113 Å². The fraction of sp³-hybridized carbons (Fsp3) is 0.308. The SMILES string of the molecule is COC(=O)CC[C@H](NC(=O)c1cc(F)ccc1O)C(=O)O. The second-order valence-electron chi connectivity index (χ2n) is 4.14. The van der Waals surface area contributed by atoms with Gasteiger partial charge in [0, 0.05) is 6.42 Å². The van der Waals surface area contributed by atoms with Crippen LogP contribution < -0.4 is 5.32 Å². The molecule has 0 aliphatic rings. The monoisotopic (exact) mass is 299 g/mol. The number of methoxy groups -OCH3 is 1. The molecule has 7 nitrogen and oxygen atoms in total. The summed E-state index contributed by atoms with van der Waals surface area (Å²) in [6, 6.07) is 1.36. The van der Waals surface area contributed by atoms with Crippen LogP contribution in [-0.2, 0) is 14.3 Å². The Morgan fingerprint density at radius 1 is 1.38 bits per heavy atom. The first-order chi connectivity index (χ1) is 9.85. The zero-order chi connectivity index (χ0) is 16.0. The third-order valence-corrected chi connectivity index (χ3v) is 2.67. The highest BCUT2D eigenvalue weighted by Gasteiger charge is 2.23. The highest BCUT2D eigenvalue weighted by molar-refractivity contribution is 5.98. The summed E-state index contributed by atoms with van der Waals surface area (Å²) in [5.74, 6) is -4.16. The van der Waals surface area contributed by atoms with Crippen LogP contribution in [0.2, 0.25) is 0 Å². The number of carbonyl (C=O) groups is 3. The van der Waals surface area contributed by atoms with Gasteiger partial charge in [-0.2, -0.15) is 0 Å². The number of hydrogen-bond donors (Lipinski definition) is 3. The molecule has 1 aromatic rings. The normalized spacial score (nSPS) is 11.5. The Hall–Kier alpha value is -2.64. The predicted molar refractivity (Wildman–Crippen MR) is 68.2 cm³/mol. The summed E-state index contributed by atoms with van der Waals surface area (Å²) in [5.41, 5.74) is -0.390. The van der Waals surface area contributed by atoms with Gasteiger partial charge >= 0.3 is 11.9 Å². The molecular formula is C13H14FNO6. The van der Waals surface area contributed by atoms with E-state index in [0.717, 1.165) is 25.3 Å². The van der Waals surface area contributed by atoms with E-state index in [-0.39, 0.29) is 18.4 Å². The quantitative estimate of drug-likeness (QED) is 0.665. The summed E-state index contributed by atoms with van der Waals surface area (Å²) in [5, 5.41) is 20.5. The molecule has 8 heteroatoms. The summed E-state index contributed by atoms with van der Waals surface area (Å²) in [6.45, 7) is 0. The number of nitrogens with one attached hydrogen (secondary N) is 1. The molecule has 0 spiro atoms. The van der Waals surface area contributed by atoms with Crippen LogP contribution in [0.3, 0.4) is 0 Å². The molecule has 1 rings (SSSR count). The maximum Gasteiger partial charge on any atom is 0.326 e. The number of benzene rings is 1. The summed E-state index contributed by atoms with van der Waals surface area (Å²) in [4.78, 5) is 33.8. The van der Waals surface area contributed by atoms with E-state index in [1.807, 2.05) is 0 Å². The second kappa shape index (κ2) is 7.22. The molecule has 0 aliphatic heterocycles. The lowest BCUT2D eigenvalue weighted by Crippen LogP contribution is -2.41. The number of phenols is 1. The first-order valence-electron chi connectivity index (χ1n) is 5.94. The molecule has 0 aliphatic carbocycles. The summed E-state index contributed by atoms with van der Waals surface area (Å²) >= 11 is 0. The number of phenolic OH excluding ortho intramolecular Hbond substituents is 1. The van der Waals surface area contributed by atoms with Crippen molar-refractivity contribution in [1.29, 1.82) is 0 Å². The number of carboxylic acids is 1. The summed E-state index contributed by atoms with van der Waals surface area (Å²) in [7, 11) is 1.15. The van der Waals surface area contributed by atoms with Crippen molar-refractivity contribution in [1.82, 2.24) is 5.32 Å². The maximum atomic E-state index is 13.0. The van der Waals surface area contributed by atoms with Gasteiger partial charge < -0.3 is 20.3 Å². The molecule has 3 N–H and O–H groups in total. The minimum absolute atomic E-state index is 0.191. The van der Waals surface area contributed by atoms with Crippen LogP contribution >= 0.6 is 0 Å². The number of halogens is 1. The van der Waals surface area contributed by atoms with E-state index in [2.05, 4.69) is 10.1 Å². The van der Waals surface area contributed by atoms with Gasteiger partial charge in [0.05, 0.1) is 12.7 Å². The average Bonchev–Trinajstić information content (AvgIpc) is 2.44. The molecule has 1 amide bonds. The molecule has 1 aromatic carbocycles.